The van der Waals surface area contributed by atoms with Crippen LogP contribution in [0.1, 0.15) is 28.4 Å². The van der Waals surface area contributed by atoms with Crippen LogP contribution in [0.15, 0.2) is 40.9 Å². The molecule has 0 radical (unpaired) electrons. The van der Waals surface area contributed by atoms with E-state index in [0.717, 1.165) is 15.6 Å². The van der Waals surface area contributed by atoms with Gasteiger partial charge in [-0.25, -0.2) is 0 Å². The highest BCUT2D eigenvalue weighted by Crippen LogP contribution is 2.31. The van der Waals surface area contributed by atoms with Crippen molar-refractivity contribution in [3.63, 3.8) is 0 Å². The van der Waals surface area contributed by atoms with Crippen molar-refractivity contribution in [3.8, 4) is 0 Å². The molecule has 0 aromatic heterocycles. The van der Waals surface area contributed by atoms with Crippen molar-refractivity contribution in [1.82, 2.24) is 0 Å². The van der Waals surface area contributed by atoms with Gasteiger partial charge in [0, 0.05) is 15.1 Å². The van der Waals surface area contributed by atoms with Gasteiger partial charge in [-0.2, -0.15) is 0 Å². The molecule has 2 aromatic carbocycles. The predicted molar refractivity (Wildman–Crippen MR) is 79.1 cm³/mol. The van der Waals surface area contributed by atoms with E-state index >= 15 is 0 Å². The Labute approximate surface area is 121 Å². The minimum Gasteiger partial charge on any atom is -0.384 e. The standard InChI is InChI=1S/C15H14BrClO/c1-9-3-4-11(7-10(9)2)15(18)13-6-5-12(16)8-14(13)17/h3-8,15,18H,1-2H3. The van der Waals surface area contributed by atoms with Crippen molar-refractivity contribution >= 4 is 27.5 Å². The van der Waals surface area contributed by atoms with Crippen molar-refractivity contribution in [2.45, 2.75) is 20.0 Å². The van der Waals surface area contributed by atoms with E-state index in [1.807, 2.05) is 37.3 Å². The Kier molecular flexibility index (Phi) is 4.10. The second kappa shape index (κ2) is 5.43. The summed E-state index contributed by atoms with van der Waals surface area (Å²) >= 11 is 9.51. The summed E-state index contributed by atoms with van der Waals surface area (Å²) in [6, 6.07) is 11.5. The van der Waals surface area contributed by atoms with Crippen LogP contribution in [0.3, 0.4) is 0 Å². The molecule has 0 heterocycles. The van der Waals surface area contributed by atoms with E-state index < -0.39 is 6.10 Å². The number of benzene rings is 2. The molecule has 0 fully saturated rings. The lowest BCUT2D eigenvalue weighted by Crippen LogP contribution is -2.01. The highest BCUT2D eigenvalue weighted by Gasteiger charge is 2.14. The number of halogens is 2. The minimum absolute atomic E-state index is 0.565. The molecule has 1 nitrogen and oxygen atoms in total. The van der Waals surface area contributed by atoms with Gasteiger partial charge in [-0.05, 0) is 42.7 Å². The van der Waals surface area contributed by atoms with E-state index in [4.69, 9.17) is 11.6 Å². The van der Waals surface area contributed by atoms with Gasteiger partial charge < -0.3 is 5.11 Å². The van der Waals surface area contributed by atoms with Crippen LogP contribution in [-0.4, -0.2) is 5.11 Å². The Bertz CT molecular complexity index is 581. The number of aryl methyl sites for hydroxylation is 2. The number of hydrogen-bond acceptors (Lipinski definition) is 1. The molecule has 0 bridgehead atoms. The summed E-state index contributed by atoms with van der Waals surface area (Å²) in [5, 5.41) is 10.9. The fraction of sp³-hybridized carbons (Fsp3) is 0.200. The van der Waals surface area contributed by atoms with Crippen LogP contribution in [0.5, 0.6) is 0 Å². The molecule has 3 heteroatoms. The lowest BCUT2D eigenvalue weighted by atomic mass is 9.98. The highest BCUT2D eigenvalue weighted by atomic mass is 79.9. The Morgan fingerprint density at radius 2 is 1.78 bits per heavy atom. The van der Waals surface area contributed by atoms with Gasteiger partial charge in [0.2, 0.25) is 0 Å². The van der Waals surface area contributed by atoms with E-state index in [1.165, 1.54) is 11.1 Å². The first-order chi connectivity index (χ1) is 8.49. The van der Waals surface area contributed by atoms with Gasteiger partial charge in [0.05, 0.1) is 0 Å². The first kappa shape index (κ1) is 13.6. The lowest BCUT2D eigenvalue weighted by Gasteiger charge is -2.14. The molecule has 1 atom stereocenters. The summed E-state index contributed by atoms with van der Waals surface area (Å²) in [6.07, 6.45) is -0.690. The number of aliphatic hydroxyl groups excluding tert-OH is 1. The van der Waals surface area contributed by atoms with Gasteiger partial charge >= 0.3 is 0 Å². The summed E-state index contributed by atoms with van der Waals surface area (Å²) in [6.45, 7) is 4.09. The zero-order valence-corrected chi connectivity index (χ0v) is 12.6. The van der Waals surface area contributed by atoms with Crippen LogP contribution >= 0.6 is 27.5 Å². The average molecular weight is 326 g/mol. The maximum absolute atomic E-state index is 10.4. The van der Waals surface area contributed by atoms with Crippen molar-refractivity contribution in [3.05, 3.63) is 68.1 Å². The highest BCUT2D eigenvalue weighted by molar-refractivity contribution is 9.10. The summed E-state index contributed by atoms with van der Waals surface area (Å²) < 4.78 is 0.906. The van der Waals surface area contributed by atoms with Gasteiger partial charge in [-0.15, -0.1) is 0 Å². The molecule has 18 heavy (non-hydrogen) atoms. The van der Waals surface area contributed by atoms with Crippen LogP contribution in [0.25, 0.3) is 0 Å². The number of aliphatic hydroxyl groups is 1. The van der Waals surface area contributed by atoms with Gasteiger partial charge in [-0.3, -0.25) is 0 Å². The van der Waals surface area contributed by atoms with Gasteiger partial charge in [0.1, 0.15) is 6.10 Å². The van der Waals surface area contributed by atoms with E-state index in [0.29, 0.717) is 5.02 Å². The van der Waals surface area contributed by atoms with Crippen LogP contribution in [-0.2, 0) is 0 Å². The molecule has 0 saturated carbocycles. The monoisotopic (exact) mass is 324 g/mol. The second-order valence-electron chi connectivity index (χ2n) is 4.41. The van der Waals surface area contributed by atoms with Crippen molar-refractivity contribution in [1.29, 1.82) is 0 Å². The van der Waals surface area contributed by atoms with Crippen molar-refractivity contribution < 1.29 is 5.11 Å². The molecule has 1 unspecified atom stereocenters. The average Bonchev–Trinajstić information content (AvgIpc) is 2.32. The summed E-state index contributed by atoms with van der Waals surface area (Å²) in [5.74, 6) is 0. The van der Waals surface area contributed by atoms with E-state index in [-0.39, 0.29) is 0 Å². The Morgan fingerprint density at radius 1 is 1.06 bits per heavy atom. The molecule has 2 rings (SSSR count). The smallest absolute Gasteiger partial charge is 0.105 e. The number of hydrogen-bond donors (Lipinski definition) is 1. The molecular weight excluding hydrogens is 312 g/mol. The van der Waals surface area contributed by atoms with E-state index in [2.05, 4.69) is 22.9 Å². The van der Waals surface area contributed by atoms with Gasteiger partial charge in [0.25, 0.3) is 0 Å². The van der Waals surface area contributed by atoms with Gasteiger partial charge in [0.15, 0.2) is 0 Å². The normalized spacial score (nSPS) is 12.5. The zero-order chi connectivity index (χ0) is 13.3. The topological polar surface area (TPSA) is 20.2 Å². The van der Waals surface area contributed by atoms with Crippen LogP contribution in [0.2, 0.25) is 5.02 Å². The first-order valence-electron chi connectivity index (χ1n) is 5.69. The molecule has 0 aliphatic rings. The van der Waals surface area contributed by atoms with Crippen molar-refractivity contribution in [2.24, 2.45) is 0 Å². The third-order valence-corrected chi connectivity index (χ3v) is 3.92. The van der Waals surface area contributed by atoms with Crippen LogP contribution in [0.4, 0.5) is 0 Å². The van der Waals surface area contributed by atoms with E-state index in [9.17, 15) is 5.11 Å². The summed E-state index contributed by atoms with van der Waals surface area (Å²) in [5.41, 5.74) is 3.97. The Balaban J connectivity index is 2.41. The Morgan fingerprint density at radius 3 is 2.39 bits per heavy atom. The molecule has 94 valence electrons. The van der Waals surface area contributed by atoms with Crippen molar-refractivity contribution in [2.75, 3.05) is 0 Å². The summed E-state index contributed by atoms with van der Waals surface area (Å²) in [4.78, 5) is 0. The maximum atomic E-state index is 10.4. The van der Waals surface area contributed by atoms with Crippen LogP contribution in [0, 0.1) is 13.8 Å². The molecule has 1 N–H and O–H groups in total. The third-order valence-electron chi connectivity index (χ3n) is 3.10. The minimum atomic E-state index is -0.690. The molecule has 2 aromatic rings. The first-order valence-corrected chi connectivity index (χ1v) is 6.86. The fourth-order valence-electron chi connectivity index (χ4n) is 1.84. The third kappa shape index (κ3) is 2.77. The lowest BCUT2D eigenvalue weighted by molar-refractivity contribution is 0.220. The van der Waals surface area contributed by atoms with Gasteiger partial charge in [-0.1, -0.05) is 51.8 Å². The number of rotatable bonds is 2. The second-order valence-corrected chi connectivity index (χ2v) is 5.73. The fourth-order valence-corrected chi connectivity index (χ4v) is 2.61. The molecule has 0 spiro atoms. The molecule has 0 saturated heterocycles. The summed E-state index contributed by atoms with van der Waals surface area (Å²) in [7, 11) is 0. The quantitative estimate of drug-likeness (QED) is 0.841. The SMILES string of the molecule is Cc1ccc(C(O)c2ccc(Br)cc2Cl)cc1C. The zero-order valence-electron chi connectivity index (χ0n) is 10.2. The molecular formula is C15H14BrClO. The maximum Gasteiger partial charge on any atom is 0.105 e. The van der Waals surface area contributed by atoms with E-state index in [1.54, 1.807) is 6.07 Å². The molecule has 0 aliphatic heterocycles. The molecule has 0 aliphatic carbocycles. The van der Waals surface area contributed by atoms with Crippen LogP contribution < -0.4 is 0 Å². The largest absolute Gasteiger partial charge is 0.384 e. The molecule has 0 amide bonds. The predicted octanol–water partition coefficient (Wildman–Crippen LogP) is 4.80. The Hall–Kier alpha value is -0.830.